The number of nitrogens with one attached hydrogen (secondary N) is 2. The van der Waals surface area contributed by atoms with Crippen molar-refractivity contribution in [3.05, 3.63) is 75.3 Å². The molecule has 17 heteroatoms. The molecule has 0 aliphatic heterocycles. The van der Waals surface area contributed by atoms with E-state index >= 15 is 0 Å². The monoisotopic (exact) mass is 627 g/mol. The Labute approximate surface area is 237 Å². The molecule has 1 aromatic heterocycles. The highest BCUT2D eigenvalue weighted by atomic mass is 35.5. The fourth-order valence-electron chi connectivity index (χ4n) is 3.60. The predicted octanol–water partition coefficient (Wildman–Crippen LogP) is 5.71. The van der Waals surface area contributed by atoms with Gasteiger partial charge in [-0.15, -0.1) is 5.10 Å². The summed E-state index contributed by atoms with van der Waals surface area (Å²) in [4.78, 5) is 28.3. The number of nitrogens with zero attached hydrogens (tertiary/aromatic N) is 3. The maximum atomic E-state index is 13.6. The molecule has 1 heterocycles. The maximum Gasteiger partial charge on any atom is 0.461 e. The first-order valence-electron chi connectivity index (χ1n) is 11.8. The van der Waals surface area contributed by atoms with Crippen molar-refractivity contribution in [3.63, 3.8) is 0 Å². The molecule has 228 valence electrons. The van der Waals surface area contributed by atoms with Gasteiger partial charge in [0.05, 0.1) is 34.8 Å². The Morgan fingerprint density at radius 2 is 1.64 bits per heavy atom. The molecule has 42 heavy (non-hydrogen) atoms. The van der Waals surface area contributed by atoms with Gasteiger partial charge in [0, 0.05) is 5.69 Å². The van der Waals surface area contributed by atoms with Gasteiger partial charge in [0.25, 0.3) is 11.8 Å². The molecule has 0 radical (unpaired) electrons. The van der Waals surface area contributed by atoms with Crippen molar-refractivity contribution in [1.82, 2.24) is 20.1 Å². The van der Waals surface area contributed by atoms with Gasteiger partial charge in [-0.3, -0.25) is 9.59 Å². The second-order valence-electron chi connectivity index (χ2n) is 9.75. The lowest BCUT2D eigenvalue weighted by Crippen LogP contribution is -2.46. The smallest absolute Gasteiger partial charge is 0.394 e. The first kappa shape index (κ1) is 32.7. The van der Waals surface area contributed by atoms with Crippen LogP contribution in [0.15, 0.2) is 36.4 Å². The van der Waals surface area contributed by atoms with Gasteiger partial charge >= 0.3 is 18.3 Å². The molecule has 0 saturated heterocycles. The van der Waals surface area contributed by atoms with Gasteiger partial charge in [-0.05, 0) is 50.1 Å². The molecule has 3 rings (SSSR count). The van der Waals surface area contributed by atoms with Gasteiger partial charge in [-0.25, -0.2) is 9.67 Å². The number of alkyl halides is 8. The standard InChI is InChI=1S/C25H22ClF8N5O3/c1-12-9-13(10-39-21(24(29,30)31)36-20(38-39)23(27,28)25(32,33)34)7-8-16(12)35-18(41)14-5-4-6-15(26)17(14)19(42)37-22(2,3)11-40/h4-9,40H,10-11H2,1-3H3,(H,35,41)(H,37,42). The van der Waals surface area contributed by atoms with Crippen LogP contribution in [-0.4, -0.2) is 50.0 Å². The molecular weight excluding hydrogens is 606 g/mol. The molecule has 3 N–H and O–H groups in total. The lowest BCUT2D eigenvalue weighted by atomic mass is 10.0. The summed E-state index contributed by atoms with van der Waals surface area (Å²) in [6, 6.07) is 7.76. The average molecular weight is 628 g/mol. The Hall–Kier alpha value is -3.79. The van der Waals surface area contributed by atoms with Crippen LogP contribution in [0.4, 0.5) is 40.8 Å². The highest BCUT2D eigenvalue weighted by molar-refractivity contribution is 6.35. The second-order valence-corrected chi connectivity index (χ2v) is 10.2. The van der Waals surface area contributed by atoms with E-state index in [4.69, 9.17) is 11.6 Å². The highest BCUT2D eigenvalue weighted by Crippen LogP contribution is 2.43. The zero-order valence-electron chi connectivity index (χ0n) is 21.9. The molecular formula is C25H22ClF8N5O3. The molecule has 2 aromatic carbocycles. The third-order valence-corrected chi connectivity index (χ3v) is 6.08. The number of benzene rings is 2. The van der Waals surface area contributed by atoms with Gasteiger partial charge in [-0.2, -0.15) is 35.1 Å². The lowest BCUT2D eigenvalue weighted by molar-refractivity contribution is -0.292. The van der Waals surface area contributed by atoms with Crippen molar-refractivity contribution in [3.8, 4) is 0 Å². The molecule has 0 aliphatic rings. The van der Waals surface area contributed by atoms with E-state index in [-0.39, 0.29) is 37.6 Å². The molecule has 8 nitrogen and oxygen atoms in total. The number of aliphatic hydroxyl groups is 1. The van der Waals surface area contributed by atoms with Gasteiger partial charge in [0.2, 0.25) is 11.6 Å². The van der Waals surface area contributed by atoms with Crippen molar-refractivity contribution >= 4 is 29.1 Å². The van der Waals surface area contributed by atoms with E-state index < -0.39 is 60.4 Å². The topological polar surface area (TPSA) is 109 Å². The number of aromatic nitrogens is 3. The number of rotatable bonds is 8. The Bertz CT molecular complexity index is 1500. The number of carbonyl (C=O) groups is 2. The Morgan fingerprint density at radius 3 is 2.19 bits per heavy atom. The summed E-state index contributed by atoms with van der Waals surface area (Å²) in [5, 5.41) is 17.2. The van der Waals surface area contributed by atoms with Crippen molar-refractivity contribution in [2.24, 2.45) is 0 Å². The number of aliphatic hydroxyl groups excluding tert-OH is 1. The maximum absolute atomic E-state index is 13.6. The summed E-state index contributed by atoms with van der Waals surface area (Å²) >= 11 is 6.17. The molecule has 3 aromatic rings. The average Bonchev–Trinajstić information content (AvgIpc) is 3.29. The number of hydrogen-bond donors (Lipinski definition) is 3. The summed E-state index contributed by atoms with van der Waals surface area (Å²) in [5.74, 6) is -11.7. The van der Waals surface area contributed by atoms with Gasteiger partial charge in [0.1, 0.15) is 0 Å². The van der Waals surface area contributed by atoms with Crippen molar-refractivity contribution in [2.75, 3.05) is 11.9 Å². The molecule has 0 atom stereocenters. The van der Waals surface area contributed by atoms with Crippen LogP contribution < -0.4 is 10.6 Å². The Kier molecular flexibility index (Phi) is 8.94. The van der Waals surface area contributed by atoms with Crippen LogP contribution in [0.5, 0.6) is 0 Å². The molecule has 0 unspecified atom stereocenters. The number of aryl methyl sites for hydroxylation is 1. The highest BCUT2D eigenvalue weighted by Gasteiger charge is 2.62. The number of carbonyl (C=O) groups excluding carboxylic acids is 2. The van der Waals surface area contributed by atoms with Crippen molar-refractivity contribution in [1.29, 1.82) is 0 Å². The molecule has 0 bridgehead atoms. The third-order valence-electron chi connectivity index (χ3n) is 5.77. The van der Waals surface area contributed by atoms with Crippen LogP contribution in [0.25, 0.3) is 0 Å². The lowest BCUT2D eigenvalue weighted by Gasteiger charge is -2.24. The first-order chi connectivity index (χ1) is 19.2. The number of halogens is 9. The molecule has 2 amide bonds. The van der Waals surface area contributed by atoms with Crippen LogP contribution in [0.3, 0.4) is 0 Å². The van der Waals surface area contributed by atoms with Gasteiger partial charge < -0.3 is 15.7 Å². The van der Waals surface area contributed by atoms with Gasteiger partial charge in [0.15, 0.2) is 0 Å². The number of anilines is 1. The summed E-state index contributed by atoms with van der Waals surface area (Å²) in [6.45, 7) is 3.20. The second kappa shape index (κ2) is 11.5. The SMILES string of the molecule is Cc1cc(Cn2nc(C(F)(F)C(F)(F)F)nc2C(F)(F)F)ccc1NC(=O)c1cccc(Cl)c1C(=O)NC(C)(C)CO. The largest absolute Gasteiger partial charge is 0.461 e. The fourth-order valence-corrected chi connectivity index (χ4v) is 3.86. The Balaban J connectivity index is 1.90. The van der Waals surface area contributed by atoms with Crippen LogP contribution in [0.1, 0.15) is 57.3 Å². The summed E-state index contributed by atoms with van der Waals surface area (Å²) in [5.41, 5.74) is -1.00. The van der Waals surface area contributed by atoms with Gasteiger partial charge in [-0.1, -0.05) is 29.8 Å². The molecule has 0 spiro atoms. The molecule has 0 saturated carbocycles. The third kappa shape index (κ3) is 6.98. The zero-order chi connectivity index (χ0) is 31.8. The van der Waals surface area contributed by atoms with E-state index in [1.54, 1.807) is 0 Å². The van der Waals surface area contributed by atoms with Crippen molar-refractivity contribution in [2.45, 2.75) is 51.1 Å². The first-order valence-corrected chi connectivity index (χ1v) is 12.2. The minimum atomic E-state index is -6.23. The van der Waals surface area contributed by atoms with E-state index in [0.29, 0.717) is 0 Å². The summed E-state index contributed by atoms with van der Waals surface area (Å²) < 4.78 is 105. The number of amides is 2. The Morgan fingerprint density at radius 1 is 1.00 bits per heavy atom. The normalized spacial score (nSPS) is 12.8. The molecule has 0 aliphatic carbocycles. The summed E-state index contributed by atoms with van der Waals surface area (Å²) in [6.07, 6.45) is -11.6. The van der Waals surface area contributed by atoms with Crippen LogP contribution in [-0.2, 0) is 18.6 Å². The minimum absolute atomic E-state index is 0.00293. The van der Waals surface area contributed by atoms with E-state index in [1.807, 2.05) is 0 Å². The van der Waals surface area contributed by atoms with E-state index in [2.05, 4.69) is 20.7 Å². The quantitative estimate of drug-likeness (QED) is 0.277. The molecule has 0 fully saturated rings. The van der Waals surface area contributed by atoms with Crippen LogP contribution in [0.2, 0.25) is 5.02 Å². The summed E-state index contributed by atoms with van der Waals surface area (Å²) in [7, 11) is 0. The van der Waals surface area contributed by atoms with E-state index in [0.717, 1.165) is 0 Å². The number of hydrogen-bond acceptors (Lipinski definition) is 5. The van der Waals surface area contributed by atoms with E-state index in [9.17, 15) is 49.8 Å². The zero-order valence-corrected chi connectivity index (χ0v) is 22.6. The van der Waals surface area contributed by atoms with E-state index in [1.165, 1.54) is 57.2 Å². The van der Waals surface area contributed by atoms with Crippen molar-refractivity contribution < 1.29 is 49.8 Å². The fraction of sp³-hybridized carbons (Fsp3) is 0.360. The van der Waals surface area contributed by atoms with Crippen LogP contribution >= 0.6 is 11.6 Å². The van der Waals surface area contributed by atoms with Crippen LogP contribution in [0, 0.1) is 6.92 Å². The minimum Gasteiger partial charge on any atom is -0.394 e. The predicted molar refractivity (Wildman–Crippen MR) is 133 cm³/mol.